The Morgan fingerprint density at radius 1 is 1.12 bits per heavy atom. The maximum absolute atomic E-state index is 13.3. The zero-order chi connectivity index (χ0) is 22.4. The lowest BCUT2D eigenvalue weighted by Crippen LogP contribution is -2.43. The summed E-state index contributed by atoms with van der Waals surface area (Å²) in [5, 5.41) is 4.69. The van der Waals surface area contributed by atoms with E-state index in [1.807, 2.05) is 10.7 Å². The molecule has 4 heterocycles. The van der Waals surface area contributed by atoms with Crippen LogP contribution >= 0.6 is 0 Å². The number of anilines is 1. The molecule has 4 fully saturated rings. The molecule has 2 aliphatic carbocycles. The van der Waals surface area contributed by atoms with E-state index in [0.717, 1.165) is 24.9 Å². The second-order valence-electron chi connectivity index (χ2n) is 10.2. The number of alkyl halides is 3. The molecule has 2 N–H and O–H groups in total. The molecule has 0 amide bonds. The van der Waals surface area contributed by atoms with Gasteiger partial charge in [-0.2, -0.15) is 18.3 Å². The molecule has 2 saturated carbocycles. The number of aromatic nitrogens is 3. The highest BCUT2D eigenvalue weighted by atomic mass is 19.4. The Balaban J connectivity index is 1.24. The van der Waals surface area contributed by atoms with Gasteiger partial charge in [-0.15, -0.1) is 0 Å². The zero-order valence-electron chi connectivity index (χ0n) is 18.2. The molecule has 6 nitrogen and oxygen atoms in total. The summed E-state index contributed by atoms with van der Waals surface area (Å²) in [6.07, 6.45) is 0.827. The molecule has 9 heteroatoms. The SMILES string of the molecule is CC(C)n1nc(-c2cnc(N)c(C(F)(F)F)c2)cc1C1C2CC(N3C[C@@H]4C[C@H]3CO4)CC21. The maximum atomic E-state index is 13.3. The van der Waals surface area contributed by atoms with E-state index in [1.165, 1.54) is 25.5 Å². The Bertz CT molecular complexity index is 1040. The fourth-order valence-electron chi connectivity index (χ4n) is 6.45. The Labute approximate surface area is 184 Å². The predicted molar refractivity (Wildman–Crippen MR) is 113 cm³/mol. The standard InChI is InChI=1S/C23H28F3N5O/c1-11(2)31-20(7-19(29-31)12-3-18(23(24,25)26)22(27)28-8-12)21-16-5-13(6-17(16)21)30-9-15-4-14(30)10-32-15/h3,7-8,11,13-17,21H,4-6,9-10H2,1-2H3,(H2,27,28)/t13?,14-,15-,16?,17?,21?/m0/s1. The highest BCUT2D eigenvalue weighted by Gasteiger charge is 2.60. The van der Waals surface area contributed by atoms with Gasteiger partial charge in [0.1, 0.15) is 5.82 Å². The van der Waals surface area contributed by atoms with Gasteiger partial charge in [0.25, 0.3) is 0 Å². The minimum absolute atomic E-state index is 0.131. The van der Waals surface area contributed by atoms with Crippen LogP contribution in [0.2, 0.25) is 0 Å². The third kappa shape index (κ3) is 3.15. The average molecular weight is 448 g/mol. The number of nitrogen functional groups attached to an aromatic ring is 1. The van der Waals surface area contributed by atoms with E-state index in [0.29, 0.717) is 47.2 Å². The molecule has 2 aromatic rings. The molecule has 0 aromatic carbocycles. The molecule has 4 aliphatic rings. The van der Waals surface area contributed by atoms with Crippen molar-refractivity contribution in [1.82, 2.24) is 19.7 Å². The van der Waals surface area contributed by atoms with Gasteiger partial charge in [0, 0.05) is 48.0 Å². The second-order valence-corrected chi connectivity index (χ2v) is 10.2. The molecule has 4 atom stereocenters. The summed E-state index contributed by atoms with van der Waals surface area (Å²) in [5.74, 6) is 1.21. The fraction of sp³-hybridized carbons (Fsp3) is 0.652. The quantitative estimate of drug-likeness (QED) is 0.765. The first-order valence-electron chi connectivity index (χ1n) is 11.5. The largest absolute Gasteiger partial charge is 0.419 e. The van der Waals surface area contributed by atoms with Gasteiger partial charge in [0.15, 0.2) is 0 Å². The number of halogens is 3. The molecule has 2 aliphatic heterocycles. The second kappa shape index (κ2) is 6.93. The van der Waals surface area contributed by atoms with Crippen LogP contribution in [0.15, 0.2) is 18.3 Å². The molecule has 2 bridgehead atoms. The summed E-state index contributed by atoms with van der Waals surface area (Å²) in [4.78, 5) is 6.46. The van der Waals surface area contributed by atoms with Crippen molar-refractivity contribution in [2.24, 2.45) is 11.8 Å². The smallest absolute Gasteiger partial charge is 0.383 e. The summed E-state index contributed by atoms with van der Waals surface area (Å²) in [6, 6.07) is 4.40. The Morgan fingerprint density at radius 2 is 1.88 bits per heavy atom. The Morgan fingerprint density at radius 3 is 2.47 bits per heavy atom. The monoisotopic (exact) mass is 447 g/mol. The van der Waals surface area contributed by atoms with Crippen LogP contribution in [-0.4, -0.2) is 51.0 Å². The molecule has 6 rings (SSSR count). The van der Waals surface area contributed by atoms with Gasteiger partial charge in [-0.3, -0.25) is 9.58 Å². The van der Waals surface area contributed by atoms with Crippen LogP contribution in [0, 0.1) is 11.8 Å². The first-order chi connectivity index (χ1) is 15.2. The number of rotatable bonds is 4. The Hall–Kier alpha value is -2.13. The molecule has 2 unspecified atom stereocenters. The van der Waals surface area contributed by atoms with E-state index in [4.69, 9.17) is 15.6 Å². The third-order valence-electron chi connectivity index (χ3n) is 7.95. The number of ether oxygens (including phenoxy) is 1. The van der Waals surface area contributed by atoms with Gasteiger partial charge < -0.3 is 10.5 Å². The van der Waals surface area contributed by atoms with Crippen LogP contribution in [0.5, 0.6) is 0 Å². The highest BCUT2D eigenvalue weighted by molar-refractivity contribution is 5.63. The molecule has 0 spiro atoms. The predicted octanol–water partition coefficient (Wildman–Crippen LogP) is 4.09. The summed E-state index contributed by atoms with van der Waals surface area (Å²) in [6.45, 7) is 6.06. The highest BCUT2D eigenvalue weighted by Crippen LogP contribution is 2.64. The minimum Gasteiger partial charge on any atom is -0.383 e. The summed E-state index contributed by atoms with van der Waals surface area (Å²) in [7, 11) is 0. The van der Waals surface area contributed by atoms with Crippen molar-refractivity contribution in [2.75, 3.05) is 18.9 Å². The van der Waals surface area contributed by atoms with Gasteiger partial charge in [-0.05, 0) is 57.1 Å². The van der Waals surface area contributed by atoms with Crippen LogP contribution in [0.25, 0.3) is 11.3 Å². The van der Waals surface area contributed by atoms with E-state index < -0.39 is 17.6 Å². The first-order valence-corrected chi connectivity index (χ1v) is 11.5. The minimum atomic E-state index is -4.54. The van der Waals surface area contributed by atoms with Crippen LogP contribution in [0.1, 0.15) is 56.3 Å². The topological polar surface area (TPSA) is 69.2 Å². The van der Waals surface area contributed by atoms with Crippen molar-refractivity contribution in [3.8, 4) is 11.3 Å². The number of hydrogen-bond acceptors (Lipinski definition) is 5. The lowest BCUT2D eigenvalue weighted by Gasteiger charge is -2.33. The lowest BCUT2D eigenvalue weighted by molar-refractivity contribution is -0.137. The number of pyridine rings is 1. The molecular formula is C23H28F3N5O. The van der Waals surface area contributed by atoms with Gasteiger partial charge in [-0.25, -0.2) is 4.98 Å². The van der Waals surface area contributed by atoms with Gasteiger partial charge in [0.2, 0.25) is 0 Å². The van der Waals surface area contributed by atoms with E-state index >= 15 is 0 Å². The number of likely N-dealkylation sites (tertiary alicyclic amines) is 1. The summed E-state index contributed by atoms with van der Waals surface area (Å²) >= 11 is 0. The van der Waals surface area contributed by atoms with Gasteiger partial charge in [0.05, 0.1) is 24.0 Å². The number of morpholine rings is 1. The Kier molecular flexibility index (Phi) is 4.44. The van der Waals surface area contributed by atoms with Crippen molar-refractivity contribution in [3.63, 3.8) is 0 Å². The average Bonchev–Trinajstić information content (AvgIpc) is 3.31. The number of hydrogen-bond donors (Lipinski definition) is 1. The molecule has 32 heavy (non-hydrogen) atoms. The van der Waals surface area contributed by atoms with Crippen molar-refractivity contribution >= 4 is 5.82 Å². The van der Waals surface area contributed by atoms with Crippen LogP contribution in [0.3, 0.4) is 0 Å². The number of nitrogens with two attached hydrogens (primary N) is 1. The van der Waals surface area contributed by atoms with Gasteiger partial charge >= 0.3 is 6.18 Å². The molecule has 2 saturated heterocycles. The third-order valence-corrected chi connectivity index (χ3v) is 7.95. The number of fused-ring (bicyclic) bond motifs is 3. The van der Waals surface area contributed by atoms with Crippen molar-refractivity contribution in [1.29, 1.82) is 0 Å². The van der Waals surface area contributed by atoms with E-state index in [2.05, 4.69) is 23.7 Å². The van der Waals surface area contributed by atoms with Crippen molar-refractivity contribution in [3.05, 3.63) is 29.6 Å². The lowest BCUT2D eigenvalue weighted by atomic mass is 10.0. The van der Waals surface area contributed by atoms with E-state index in [9.17, 15) is 13.2 Å². The summed E-state index contributed by atoms with van der Waals surface area (Å²) < 4.78 is 47.7. The summed E-state index contributed by atoms with van der Waals surface area (Å²) in [5.41, 5.74) is 6.58. The maximum Gasteiger partial charge on any atom is 0.419 e. The normalized spacial score (nSPS) is 33.9. The van der Waals surface area contributed by atoms with Crippen LogP contribution in [0.4, 0.5) is 19.0 Å². The van der Waals surface area contributed by atoms with Crippen LogP contribution in [-0.2, 0) is 10.9 Å². The number of nitrogens with zero attached hydrogens (tertiary/aromatic N) is 4. The van der Waals surface area contributed by atoms with E-state index in [1.54, 1.807) is 0 Å². The van der Waals surface area contributed by atoms with E-state index in [-0.39, 0.29) is 6.04 Å². The van der Waals surface area contributed by atoms with Crippen molar-refractivity contribution < 1.29 is 17.9 Å². The molecular weight excluding hydrogens is 419 g/mol. The van der Waals surface area contributed by atoms with Gasteiger partial charge in [-0.1, -0.05) is 0 Å². The first kappa shape index (κ1) is 20.5. The fourth-order valence-corrected chi connectivity index (χ4v) is 6.45. The molecule has 2 aromatic heterocycles. The molecule has 0 radical (unpaired) electrons. The molecule has 172 valence electrons. The van der Waals surface area contributed by atoms with Crippen molar-refractivity contribution in [2.45, 2.75) is 69.4 Å². The zero-order valence-corrected chi connectivity index (χ0v) is 18.2. The van der Waals surface area contributed by atoms with Crippen LogP contribution < -0.4 is 5.73 Å².